The highest BCUT2D eigenvalue weighted by Crippen LogP contribution is 2.34. The Morgan fingerprint density at radius 3 is 2.30 bits per heavy atom. The predicted octanol–water partition coefficient (Wildman–Crippen LogP) is 2.75. The van der Waals surface area contributed by atoms with Gasteiger partial charge in [0.05, 0.1) is 5.56 Å². The SMILES string of the molecule is CN(C)C(=O)c1ccc2c(NC(=O)C(F)(F)F)cccc2c1O. The van der Waals surface area contributed by atoms with E-state index < -0.39 is 18.0 Å². The molecule has 2 amide bonds. The summed E-state index contributed by atoms with van der Waals surface area (Å²) >= 11 is 0. The zero-order chi connectivity index (χ0) is 17.4. The Balaban J connectivity index is 2.54. The molecular weight excluding hydrogens is 313 g/mol. The van der Waals surface area contributed by atoms with Crippen molar-refractivity contribution < 1.29 is 27.9 Å². The van der Waals surface area contributed by atoms with Gasteiger partial charge < -0.3 is 15.3 Å². The van der Waals surface area contributed by atoms with Crippen LogP contribution in [0, 0.1) is 0 Å². The molecule has 0 heterocycles. The molecule has 0 atom stereocenters. The van der Waals surface area contributed by atoms with Gasteiger partial charge in [0.15, 0.2) is 0 Å². The van der Waals surface area contributed by atoms with E-state index in [1.54, 1.807) is 5.32 Å². The van der Waals surface area contributed by atoms with Crippen molar-refractivity contribution in [3.8, 4) is 5.75 Å². The molecule has 5 nitrogen and oxygen atoms in total. The quantitative estimate of drug-likeness (QED) is 0.891. The minimum atomic E-state index is -5.02. The molecule has 122 valence electrons. The van der Waals surface area contributed by atoms with E-state index in [0.717, 1.165) is 0 Å². The maximum Gasteiger partial charge on any atom is 0.471 e. The van der Waals surface area contributed by atoms with Crippen molar-refractivity contribution in [1.29, 1.82) is 0 Å². The van der Waals surface area contributed by atoms with Crippen LogP contribution in [0.1, 0.15) is 10.4 Å². The second kappa shape index (κ2) is 5.79. The van der Waals surface area contributed by atoms with Crippen molar-refractivity contribution in [2.24, 2.45) is 0 Å². The number of alkyl halides is 3. The van der Waals surface area contributed by atoms with Crippen molar-refractivity contribution in [2.75, 3.05) is 19.4 Å². The summed E-state index contributed by atoms with van der Waals surface area (Å²) in [6.45, 7) is 0. The van der Waals surface area contributed by atoms with E-state index in [1.165, 1.54) is 49.3 Å². The first-order chi connectivity index (χ1) is 10.6. The molecule has 0 aliphatic rings. The van der Waals surface area contributed by atoms with E-state index in [9.17, 15) is 27.9 Å². The Labute approximate surface area is 129 Å². The first kappa shape index (κ1) is 16.6. The summed E-state index contributed by atoms with van der Waals surface area (Å²) in [5.41, 5.74) is -0.0919. The largest absolute Gasteiger partial charge is 0.506 e. The molecule has 2 N–H and O–H groups in total. The Kier molecular flexibility index (Phi) is 4.18. The fraction of sp³-hybridized carbons (Fsp3) is 0.200. The van der Waals surface area contributed by atoms with Gasteiger partial charge in [0, 0.05) is 30.6 Å². The first-order valence-electron chi connectivity index (χ1n) is 6.47. The third-order valence-corrected chi connectivity index (χ3v) is 3.18. The third kappa shape index (κ3) is 3.20. The number of phenols is 1. The lowest BCUT2D eigenvalue weighted by atomic mass is 10.0. The van der Waals surface area contributed by atoms with E-state index in [0.29, 0.717) is 0 Å². The Morgan fingerprint density at radius 2 is 1.74 bits per heavy atom. The van der Waals surface area contributed by atoms with Gasteiger partial charge in [-0.25, -0.2) is 0 Å². The topological polar surface area (TPSA) is 69.6 Å². The average Bonchev–Trinajstić information content (AvgIpc) is 2.46. The van der Waals surface area contributed by atoms with Gasteiger partial charge in [-0.05, 0) is 12.1 Å². The van der Waals surface area contributed by atoms with Crippen molar-refractivity contribution >= 4 is 28.3 Å². The Morgan fingerprint density at radius 1 is 1.09 bits per heavy atom. The molecule has 0 bridgehead atoms. The number of nitrogens with zero attached hydrogens (tertiary/aromatic N) is 1. The Bertz CT molecular complexity index is 785. The second-order valence-corrected chi connectivity index (χ2v) is 5.01. The maximum absolute atomic E-state index is 12.4. The lowest BCUT2D eigenvalue weighted by Gasteiger charge is -2.15. The number of hydrogen-bond donors (Lipinski definition) is 2. The van der Waals surface area contributed by atoms with Crippen LogP contribution in [-0.4, -0.2) is 42.1 Å². The second-order valence-electron chi connectivity index (χ2n) is 5.01. The van der Waals surface area contributed by atoms with Gasteiger partial charge in [-0.1, -0.05) is 18.2 Å². The number of benzene rings is 2. The molecule has 2 aromatic rings. The standard InChI is InChI=1S/C15H13F3N2O3/c1-20(2)13(22)10-7-6-8-9(12(10)21)4-3-5-11(8)19-14(23)15(16,17)18/h3-7,21H,1-2H3,(H,19,23). The number of anilines is 1. The average molecular weight is 326 g/mol. The fourth-order valence-corrected chi connectivity index (χ4v) is 2.06. The predicted molar refractivity (Wildman–Crippen MR) is 78.3 cm³/mol. The van der Waals surface area contributed by atoms with Crippen LogP contribution in [0.25, 0.3) is 10.8 Å². The highest BCUT2D eigenvalue weighted by atomic mass is 19.4. The number of carbonyl (C=O) groups excluding carboxylic acids is 2. The number of phenolic OH excluding ortho intramolecular Hbond substituents is 1. The van der Waals surface area contributed by atoms with E-state index in [-0.39, 0.29) is 27.8 Å². The van der Waals surface area contributed by atoms with E-state index in [4.69, 9.17) is 0 Å². The summed E-state index contributed by atoms with van der Waals surface area (Å²) in [5, 5.41) is 12.3. The molecule has 0 fully saturated rings. The number of halogens is 3. The lowest BCUT2D eigenvalue weighted by Crippen LogP contribution is -2.30. The maximum atomic E-state index is 12.4. The Hall–Kier alpha value is -2.77. The molecule has 0 aliphatic carbocycles. The molecule has 2 aromatic carbocycles. The van der Waals surface area contributed by atoms with Gasteiger partial charge in [-0.2, -0.15) is 13.2 Å². The van der Waals surface area contributed by atoms with Gasteiger partial charge in [0.1, 0.15) is 5.75 Å². The summed E-state index contributed by atoms with van der Waals surface area (Å²) < 4.78 is 37.1. The fourth-order valence-electron chi connectivity index (χ4n) is 2.06. The minimum Gasteiger partial charge on any atom is -0.506 e. The molecule has 0 spiro atoms. The first-order valence-corrected chi connectivity index (χ1v) is 6.47. The number of nitrogens with one attached hydrogen (secondary N) is 1. The van der Waals surface area contributed by atoms with Crippen LogP contribution >= 0.6 is 0 Å². The number of rotatable bonds is 2. The highest BCUT2D eigenvalue weighted by molar-refractivity contribution is 6.09. The number of aromatic hydroxyl groups is 1. The molecule has 0 unspecified atom stereocenters. The van der Waals surface area contributed by atoms with E-state index >= 15 is 0 Å². The summed E-state index contributed by atoms with van der Waals surface area (Å²) in [7, 11) is 3.01. The number of hydrogen-bond acceptors (Lipinski definition) is 3. The summed E-state index contributed by atoms with van der Waals surface area (Å²) in [6, 6.07) is 6.76. The zero-order valence-electron chi connectivity index (χ0n) is 12.2. The van der Waals surface area contributed by atoms with Crippen LogP contribution in [0.3, 0.4) is 0 Å². The monoisotopic (exact) mass is 326 g/mol. The smallest absolute Gasteiger partial charge is 0.471 e. The lowest BCUT2D eigenvalue weighted by molar-refractivity contribution is -0.167. The third-order valence-electron chi connectivity index (χ3n) is 3.18. The van der Waals surface area contributed by atoms with Gasteiger partial charge in [-0.3, -0.25) is 9.59 Å². The van der Waals surface area contributed by atoms with Crippen LogP contribution in [0.15, 0.2) is 30.3 Å². The zero-order valence-corrected chi connectivity index (χ0v) is 12.2. The van der Waals surface area contributed by atoms with Crippen LogP contribution in [0.4, 0.5) is 18.9 Å². The van der Waals surface area contributed by atoms with Gasteiger partial charge in [-0.15, -0.1) is 0 Å². The summed E-state index contributed by atoms with van der Waals surface area (Å²) in [6.07, 6.45) is -5.02. The van der Waals surface area contributed by atoms with Gasteiger partial charge in [0.25, 0.3) is 5.91 Å². The van der Waals surface area contributed by atoms with Crippen molar-refractivity contribution in [2.45, 2.75) is 6.18 Å². The number of fused-ring (bicyclic) bond motifs is 1. The number of amides is 2. The molecule has 8 heteroatoms. The van der Waals surface area contributed by atoms with Crippen LogP contribution in [0.2, 0.25) is 0 Å². The van der Waals surface area contributed by atoms with Crippen LogP contribution < -0.4 is 5.32 Å². The van der Waals surface area contributed by atoms with Crippen molar-refractivity contribution in [3.63, 3.8) is 0 Å². The molecule has 2 rings (SSSR count). The molecule has 0 aliphatic heterocycles. The minimum absolute atomic E-state index is 0.0156. The van der Waals surface area contributed by atoms with Crippen LogP contribution in [-0.2, 0) is 4.79 Å². The van der Waals surface area contributed by atoms with Crippen LogP contribution in [0.5, 0.6) is 5.75 Å². The molecule has 23 heavy (non-hydrogen) atoms. The van der Waals surface area contributed by atoms with E-state index in [1.807, 2.05) is 0 Å². The molecule has 0 aromatic heterocycles. The molecule has 0 radical (unpaired) electrons. The van der Waals surface area contributed by atoms with Gasteiger partial charge in [0.2, 0.25) is 0 Å². The van der Waals surface area contributed by atoms with Gasteiger partial charge >= 0.3 is 12.1 Å². The van der Waals surface area contributed by atoms with Crippen molar-refractivity contribution in [3.05, 3.63) is 35.9 Å². The number of carbonyl (C=O) groups is 2. The molecule has 0 saturated heterocycles. The molecule has 0 saturated carbocycles. The molecular formula is C15H13F3N2O3. The normalized spacial score (nSPS) is 11.3. The van der Waals surface area contributed by atoms with Crippen molar-refractivity contribution in [1.82, 2.24) is 4.90 Å². The summed E-state index contributed by atoms with van der Waals surface area (Å²) in [4.78, 5) is 24.3. The van der Waals surface area contributed by atoms with E-state index in [2.05, 4.69) is 0 Å². The summed E-state index contributed by atoms with van der Waals surface area (Å²) in [5.74, 6) is -2.92. The highest BCUT2D eigenvalue weighted by Gasteiger charge is 2.38.